The van der Waals surface area contributed by atoms with E-state index in [1.54, 1.807) is 24.3 Å². The van der Waals surface area contributed by atoms with E-state index in [1.165, 1.54) is 0 Å². The molecule has 2 aromatic carbocycles. The molecule has 2 aliphatic heterocycles. The summed E-state index contributed by atoms with van der Waals surface area (Å²) in [5.74, 6) is 8.73. The lowest BCUT2D eigenvalue weighted by atomic mass is 10.1. The molecule has 2 N–H and O–H groups in total. The second-order valence-corrected chi connectivity index (χ2v) is 6.57. The molecule has 0 atom stereocenters. The fourth-order valence-corrected chi connectivity index (χ4v) is 3.06. The van der Waals surface area contributed by atoms with Crippen molar-refractivity contribution in [2.24, 2.45) is 0 Å². The van der Waals surface area contributed by atoms with Gasteiger partial charge in [0.15, 0.2) is 23.0 Å². The molecule has 1 amide bonds. The maximum absolute atomic E-state index is 12.3. The maximum atomic E-state index is 12.3. The van der Waals surface area contributed by atoms with Crippen LogP contribution in [0, 0.1) is 11.8 Å². The van der Waals surface area contributed by atoms with E-state index in [4.69, 9.17) is 23.7 Å². The van der Waals surface area contributed by atoms with Crippen LogP contribution in [0.3, 0.4) is 0 Å². The van der Waals surface area contributed by atoms with Gasteiger partial charge >= 0.3 is 0 Å². The van der Waals surface area contributed by atoms with Crippen LogP contribution in [0.1, 0.15) is 10.5 Å². The van der Waals surface area contributed by atoms with E-state index in [0.29, 0.717) is 40.1 Å². The predicted octanol–water partition coefficient (Wildman–Crippen LogP) is 2.35. The number of rotatable bonds is 5. The van der Waals surface area contributed by atoms with Crippen molar-refractivity contribution >= 4 is 5.91 Å². The first-order valence-electron chi connectivity index (χ1n) is 9.48. The van der Waals surface area contributed by atoms with Gasteiger partial charge in [0.2, 0.25) is 13.6 Å². The molecule has 0 saturated carbocycles. The summed E-state index contributed by atoms with van der Waals surface area (Å²) in [6, 6.07) is 12.5. The van der Waals surface area contributed by atoms with Crippen molar-refractivity contribution in [1.29, 1.82) is 0 Å². The molecule has 0 bridgehead atoms. The summed E-state index contributed by atoms with van der Waals surface area (Å²) in [5.41, 5.74) is 1.79. The van der Waals surface area contributed by atoms with Crippen molar-refractivity contribution < 1.29 is 28.5 Å². The van der Waals surface area contributed by atoms with Gasteiger partial charge in [-0.15, -0.1) is 0 Å². The Morgan fingerprint density at radius 3 is 2.55 bits per heavy atom. The molecule has 3 heterocycles. The molecule has 9 heteroatoms. The molecule has 0 radical (unpaired) electrons. The monoisotopic (exact) mass is 419 g/mol. The lowest BCUT2D eigenvalue weighted by molar-refractivity contribution is 0.0953. The van der Waals surface area contributed by atoms with Gasteiger partial charge in [-0.2, -0.15) is 5.10 Å². The Kier molecular flexibility index (Phi) is 4.94. The summed E-state index contributed by atoms with van der Waals surface area (Å²) < 4.78 is 26.8. The zero-order valence-corrected chi connectivity index (χ0v) is 16.3. The summed E-state index contributed by atoms with van der Waals surface area (Å²) in [6.07, 6.45) is 0. The minimum absolute atomic E-state index is 0.182. The number of aromatic amines is 1. The van der Waals surface area contributed by atoms with Gasteiger partial charge in [-0.05, 0) is 36.4 Å². The molecule has 3 aromatic rings. The molecule has 9 nitrogen and oxygen atoms in total. The Labute approximate surface area is 177 Å². The van der Waals surface area contributed by atoms with E-state index < -0.39 is 0 Å². The van der Waals surface area contributed by atoms with Crippen molar-refractivity contribution in [1.82, 2.24) is 15.5 Å². The van der Waals surface area contributed by atoms with Crippen molar-refractivity contribution in [2.75, 3.05) is 26.7 Å². The second-order valence-electron chi connectivity index (χ2n) is 6.57. The second kappa shape index (κ2) is 8.20. The van der Waals surface area contributed by atoms with Crippen LogP contribution in [0.2, 0.25) is 0 Å². The van der Waals surface area contributed by atoms with Gasteiger partial charge < -0.3 is 29.0 Å². The molecule has 5 rings (SSSR count). The third kappa shape index (κ3) is 4.04. The molecule has 31 heavy (non-hydrogen) atoms. The van der Waals surface area contributed by atoms with Gasteiger partial charge in [0.1, 0.15) is 18.1 Å². The summed E-state index contributed by atoms with van der Waals surface area (Å²) >= 11 is 0. The molecule has 0 saturated heterocycles. The van der Waals surface area contributed by atoms with Crippen LogP contribution in [-0.2, 0) is 0 Å². The molecule has 156 valence electrons. The number of hydrogen-bond acceptors (Lipinski definition) is 7. The number of H-pyrrole nitrogens is 1. The Hall–Kier alpha value is -4.32. The number of fused-ring (bicyclic) bond motifs is 2. The summed E-state index contributed by atoms with van der Waals surface area (Å²) in [5, 5.41) is 9.65. The smallest absolute Gasteiger partial charge is 0.270 e. The van der Waals surface area contributed by atoms with Gasteiger partial charge in [-0.3, -0.25) is 9.89 Å². The Morgan fingerprint density at radius 2 is 1.71 bits per heavy atom. The van der Waals surface area contributed by atoms with Crippen LogP contribution in [0.25, 0.3) is 11.3 Å². The van der Waals surface area contributed by atoms with Crippen LogP contribution >= 0.6 is 0 Å². The SMILES string of the molecule is O=C(NCC#CCOc1ccc2c(c1)OCO2)c1cc(-c2ccc3c(c2)OCO3)n[nH]1. The summed E-state index contributed by atoms with van der Waals surface area (Å²) in [4.78, 5) is 12.3. The van der Waals surface area contributed by atoms with E-state index in [9.17, 15) is 4.79 Å². The van der Waals surface area contributed by atoms with Crippen LogP contribution in [0.15, 0.2) is 42.5 Å². The van der Waals surface area contributed by atoms with E-state index >= 15 is 0 Å². The van der Waals surface area contributed by atoms with Crippen LogP contribution in [-0.4, -0.2) is 42.8 Å². The number of aromatic nitrogens is 2. The van der Waals surface area contributed by atoms with Gasteiger partial charge in [0.05, 0.1) is 12.2 Å². The molecular weight excluding hydrogens is 402 g/mol. The normalized spacial score (nSPS) is 12.8. The van der Waals surface area contributed by atoms with Gasteiger partial charge in [-0.1, -0.05) is 11.8 Å². The number of ether oxygens (including phenoxy) is 5. The number of carbonyl (C=O) groups is 1. The van der Waals surface area contributed by atoms with Crippen molar-refractivity contribution in [2.45, 2.75) is 0 Å². The highest BCUT2D eigenvalue weighted by Gasteiger charge is 2.16. The molecule has 0 spiro atoms. The van der Waals surface area contributed by atoms with Crippen molar-refractivity contribution in [3.8, 4) is 51.8 Å². The van der Waals surface area contributed by atoms with Crippen LogP contribution < -0.4 is 29.0 Å². The number of benzene rings is 2. The third-order valence-electron chi connectivity index (χ3n) is 4.61. The topological polar surface area (TPSA) is 104 Å². The van der Waals surface area contributed by atoms with Gasteiger partial charge in [0.25, 0.3) is 5.91 Å². The Morgan fingerprint density at radius 1 is 0.968 bits per heavy atom. The first-order chi connectivity index (χ1) is 15.3. The molecule has 0 aliphatic carbocycles. The standard InChI is InChI=1S/C22H17N3O6/c26-22(17-11-16(24-25-17)14-3-5-18-20(9-14)30-12-28-18)23-7-1-2-8-27-15-4-6-19-21(10-15)31-13-29-19/h3-6,9-11H,7-8,12-13H2,(H,23,26)(H,24,25). The zero-order valence-electron chi connectivity index (χ0n) is 16.3. The maximum Gasteiger partial charge on any atom is 0.270 e. The number of carbonyl (C=O) groups excluding carboxylic acids is 1. The van der Waals surface area contributed by atoms with E-state index in [1.807, 2.05) is 18.2 Å². The largest absolute Gasteiger partial charge is 0.481 e. The van der Waals surface area contributed by atoms with Crippen LogP contribution in [0.4, 0.5) is 0 Å². The summed E-state index contributed by atoms with van der Waals surface area (Å²) in [6.45, 7) is 0.790. The third-order valence-corrected chi connectivity index (χ3v) is 4.61. The Bertz CT molecular complexity index is 1190. The van der Waals surface area contributed by atoms with E-state index in [-0.39, 0.29) is 32.6 Å². The highest BCUT2D eigenvalue weighted by atomic mass is 16.7. The van der Waals surface area contributed by atoms with Crippen LogP contribution in [0.5, 0.6) is 28.7 Å². The Balaban J connectivity index is 1.11. The number of nitrogens with one attached hydrogen (secondary N) is 2. The van der Waals surface area contributed by atoms with E-state index in [0.717, 1.165) is 5.56 Å². The van der Waals surface area contributed by atoms with Gasteiger partial charge in [-0.25, -0.2) is 0 Å². The minimum atomic E-state index is -0.300. The lowest BCUT2D eigenvalue weighted by Gasteiger charge is -2.02. The fraction of sp³-hybridized carbons (Fsp3) is 0.182. The summed E-state index contributed by atoms with van der Waals surface area (Å²) in [7, 11) is 0. The highest BCUT2D eigenvalue weighted by Crippen LogP contribution is 2.36. The molecule has 0 fully saturated rings. The number of hydrogen-bond donors (Lipinski definition) is 2. The first kappa shape index (κ1) is 18.7. The predicted molar refractivity (Wildman–Crippen MR) is 108 cm³/mol. The molecule has 1 aromatic heterocycles. The quantitative estimate of drug-likeness (QED) is 0.612. The minimum Gasteiger partial charge on any atom is -0.481 e. The van der Waals surface area contributed by atoms with E-state index in [2.05, 4.69) is 27.4 Å². The van der Waals surface area contributed by atoms with Gasteiger partial charge in [0, 0.05) is 11.6 Å². The average Bonchev–Trinajstić information content (AvgIpc) is 3.55. The lowest BCUT2D eigenvalue weighted by Crippen LogP contribution is -2.24. The first-order valence-corrected chi connectivity index (χ1v) is 9.48. The number of amides is 1. The molecular formula is C22H17N3O6. The highest BCUT2D eigenvalue weighted by molar-refractivity contribution is 5.93. The van der Waals surface area contributed by atoms with Crippen molar-refractivity contribution in [3.05, 3.63) is 48.2 Å². The molecule has 2 aliphatic rings. The zero-order chi connectivity index (χ0) is 21.0. The van der Waals surface area contributed by atoms with Crippen molar-refractivity contribution in [3.63, 3.8) is 0 Å². The average molecular weight is 419 g/mol. The molecule has 0 unspecified atom stereocenters. The fourth-order valence-electron chi connectivity index (χ4n) is 3.06. The number of nitrogens with zero attached hydrogens (tertiary/aromatic N) is 1.